The third kappa shape index (κ3) is 5.69. The van der Waals surface area contributed by atoms with Gasteiger partial charge in [-0.05, 0) is 26.7 Å². The quantitative estimate of drug-likeness (QED) is 0.444. The minimum absolute atomic E-state index is 0.0226. The normalized spacial score (nSPS) is 11.8. The van der Waals surface area contributed by atoms with Crippen molar-refractivity contribution in [1.29, 1.82) is 0 Å². The van der Waals surface area contributed by atoms with Gasteiger partial charge in [-0.3, -0.25) is 0 Å². The SMILES string of the molecule is C#CC(CCC=C(C)C)OC. The van der Waals surface area contributed by atoms with Crippen LogP contribution in [-0.4, -0.2) is 13.2 Å². The second kappa shape index (κ2) is 6.00. The summed E-state index contributed by atoms with van der Waals surface area (Å²) >= 11 is 0. The van der Waals surface area contributed by atoms with Crippen LogP contribution in [0.15, 0.2) is 11.6 Å². The molecule has 0 saturated heterocycles. The second-order valence-corrected chi connectivity index (χ2v) is 2.75. The molecule has 0 rings (SSSR count). The van der Waals surface area contributed by atoms with E-state index in [-0.39, 0.29) is 6.10 Å². The lowest BCUT2D eigenvalue weighted by Gasteiger charge is -2.05. The third-order valence-electron chi connectivity index (χ3n) is 1.45. The topological polar surface area (TPSA) is 9.23 Å². The molecule has 0 fully saturated rings. The Morgan fingerprint density at radius 2 is 2.27 bits per heavy atom. The molecule has 1 heteroatoms. The monoisotopic (exact) mass is 152 g/mol. The smallest absolute Gasteiger partial charge is 0.117 e. The summed E-state index contributed by atoms with van der Waals surface area (Å²) in [6, 6.07) is 0. The van der Waals surface area contributed by atoms with E-state index in [0.29, 0.717) is 0 Å². The maximum atomic E-state index is 5.20. The standard InChI is InChI=1S/C10H16O/c1-5-10(11-4)8-6-7-9(2)3/h1,7,10H,6,8H2,2-4H3. The van der Waals surface area contributed by atoms with Crippen LogP contribution in [0.1, 0.15) is 26.7 Å². The van der Waals surface area contributed by atoms with Gasteiger partial charge in [0.15, 0.2) is 0 Å². The Balaban J connectivity index is 3.54. The van der Waals surface area contributed by atoms with Crippen LogP contribution in [0.25, 0.3) is 0 Å². The fourth-order valence-corrected chi connectivity index (χ4v) is 0.793. The maximum Gasteiger partial charge on any atom is 0.117 e. The van der Waals surface area contributed by atoms with E-state index in [9.17, 15) is 0 Å². The molecule has 0 spiro atoms. The lowest BCUT2D eigenvalue weighted by molar-refractivity contribution is 0.142. The fraction of sp³-hybridized carbons (Fsp3) is 0.600. The van der Waals surface area contributed by atoms with Crippen molar-refractivity contribution in [2.75, 3.05) is 7.11 Å². The van der Waals surface area contributed by atoms with Crippen molar-refractivity contribution in [3.8, 4) is 12.3 Å². The summed E-state index contributed by atoms with van der Waals surface area (Å²) in [7, 11) is 1.65. The molecule has 0 aromatic rings. The first kappa shape index (κ1) is 10.3. The minimum atomic E-state index is -0.0226. The van der Waals surface area contributed by atoms with Gasteiger partial charge in [0.05, 0.1) is 0 Å². The molecule has 0 aromatic heterocycles. The van der Waals surface area contributed by atoms with Crippen LogP contribution < -0.4 is 0 Å². The zero-order chi connectivity index (χ0) is 8.69. The van der Waals surface area contributed by atoms with Crippen molar-refractivity contribution < 1.29 is 4.74 Å². The Morgan fingerprint density at radius 3 is 2.64 bits per heavy atom. The zero-order valence-electron chi connectivity index (χ0n) is 7.55. The summed E-state index contributed by atoms with van der Waals surface area (Å²) in [5, 5.41) is 0. The first-order chi connectivity index (χ1) is 5.20. The zero-order valence-corrected chi connectivity index (χ0v) is 7.55. The average molecular weight is 152 g/mol. The molecule has 0 bridgehead atoms. The minimum Gasteiger partial charge on any atom is -0.369 e. The predicted octanol–water partition coefficient (Wildman–Crippen LogP) is 2.38. The van der Waals surface area contributed by atoms with Crippen LogP contribution in [0, 0.1) is 12.3 Å². The first-order valence-electron chi connectivity index (χ1n) is 3.83. The number of ether oxygens (including phenoxy) is 1. The van der Waals surface area contributed by atoms with Gasteiger partial charge in [0.2, 0.25) is 0 Å². The second-order valence-electron chi connectivity index (χ2n) is 2.75. The molecule has 0 amide bonds. The van der Waals surface area contributed by atoms with Crippen LogP contribution in [0.3, 0.4) is 0 Å². The molecule has 1 atom stereocenters. The highest BCUT2D eigenvalue weighted by Crippen LogP contribution is 2.02. The van der Waals surface area contributed by atoms with Gasteiger partial charge in [-0.2, -0.15) is 0 Å². The van der Waals surface area contributed by atoms with Crippen LogP contribution in [0.2, 0.25) is 0 Å². The number of methoxy groups -OCH3 is 1. The Labute approximate surface area is 69.4 Å². The van der Waals surface area contributed by atoms with E-state index in [4.69, 9.17) is 11.2 Å². The molecule has 0 aliphatic carbocycles. The van der Waals surface area contributed by atoms with Gasteiger partial charge in [-0.15, -0.1) is 6.42 Å². The maximum absolute atomic E-state index is 5.20. The molecule has 0 aromatic carbocycles. The van der Waals surface area contributed by atoms with Gasteiger partial charge in [0.1, 0.15) is 6.10 Å². The van der Waals surface area contributed by atoms with Gasteiger partial charge in [-0.1, -0.05) is 17.6 Å². The summed E-state index contributed by atoms with van der Waals surface area (Å²) in [5.74, 6) is 2.57. The van der Waals surface area contributed by atoms with Crippen molar-refractivity contribution >= 4 is 0 Å². The number of allylic oxidation sites excluding steroid dienone is 2. The number of hydrogen-bond donors (Lipinski definition) is 0. The highest BCUT2D eigenvalue weighted by atomic mass is 16.5. The molecule has 62 valence electrons. The van der Waals surface area contributed by atoms with E-state index in [2.05, 4.69) is 25.8 Å². The highest BCUT2D eigenvalue weighted by molar-refractivity contribution is 4.98. The van der Waals surface area contributed by atoms with E-state index >= 15 is 0 Å². The van der Waals surface area contributed by atoms with Crippen LogP contribution in [0.5, 0.6) is 0 Å². The molecule has 11 heavy (non-hydrogen) atoms. The predicted molar refractivity (Wildman–Crippen MR) is 48.3 cm³/mol. The number of terminal acetylenes is 1. The summed E-state index contributed by atoms with van der Waals surface area (Å²) in [6.45, 7) is 4.16. The molecule has 0 aliphatic heterocycles. The van der Waals surface area contributed by atoms with Crippen molar-refractivity contribution in [1.82, 2.24) is 0 Å². The van der Waals surface area contributed by atoms with Gasteiger partial charge in [-0.25, -0.2) is 0 Å². The van der Waals surface area contributed by atoms with Crippen molar-refractivity contribution in [3.05, 3.63) is 11.6 Å². The molecule has 1 unspecified atom stereocenters. The Hall–Kier alpha value is -0.740. The number of hydrogen-bond acceptors (Lipinski definition) is 1. The summed E-state index contributed by atoms with van der Waals surface area (Å²) in [4.78, 5) is 0. The first-order valence-corrected chi connectivity index (χ1v) is 3.83. The van der Waals surface area contributed by atoms with E-state index in [1.807, 2.05) is 0 Å². The molecule has 0 heterocycles. The molecule has 0 saturated carbocycles. The van der Waals surface area contributed by atoms with Crippen molar-refractivity contribution in [3.63, 3.8) is 0 Å². The largest absolute Gasteiger partial charge is 0.369 e. The van der Waals surface area contributed by atoms with Gasteiger partial charge in [0.25, 0.3) is 0 Å². The highest BCUT2D eigenvalue weighted by Gasteiger charge is 1.98. The molecule has 0 aliphatic rings. The van der Waals surface area contributed by atoms with E-state index < -0.39 is 0 Å². The molecular formula is C10H16O. The average Bonchev–Trinajstić information content (AvgIpc) is 1.98. The Morgan fingerprint density at radius 1 is 1.64 bits per heavy atom. The van der Waals surface area contributed by atoms with Gasteiger partial charge >= 0.3 is 0 Å². The van der Waals surface area contributed by atoms with E-state index in [1.165, 1.54) is 5.57 Å². The molecule has 1 nitrogen and oxygen atoms in total. The van der Waals surface area contributed by atoms with Gasteiger partial charge in [0, 0.05) is 7.11 Å². The number of rotatable bonds is 4. The fourth-order valence-electron chi connectivity index (χ4n) is 0.793. The Kier molecular flexibility index (Phi) is 5.60. The van der Waals surface area contributed by atoms with Crippen LogP contribution in [-0.2, 0) is 4.74 Å². The van der Waals surface area contributed by atoms with E-state index in [0.717, 1.165) is 12.8 Å². The van der Waals surface area contributed by atoms with Crippen molar-refractivity contribution in [2.45, 2.75) is 32.8 Å². The summed E-state index contributed by atoms with van der Waals surface area (Å²) in [5.41, 5.74) is 1.33. The van der Waals surface area contributed by atoms with Crippen LogP contribution >= 0.6 is 0 Å². The molecular weight excluding hydrogens is 136 g/mol. The van der Waals surface area contributed by atoms with E-state index in [1.54, 1.807) is 7.11 Å². The molecule has 0 N–H and O–H groups in total. The summed E-state index contributed by atoms with van der Waals surface area (Å²) < 4.78 is 5.02. The van der Waals surface area contributed by atoms with Crippen molar-refractivity contribution in [2.24, 2.45) is 0 Å². The molecule has 0 radical (unpaired) electrons. The third-order valence-corrected chi connectivity index (χ3v) is 1.45. The lowest BCUT2D eigenvalue weighted by atomic mass is 10.1. The summed E-state index contributed by atoms with van der Waals surface area (Å²) in [6.07, 6.45) is 9.27. The lowest BCUT2D eigenvalue weighted by Crippen LogP contribution is -2.05. The van der Waals surface area contributed by atoms with Crippen LogP contribution in [0.4, 0.5) is 0 Å². The van der Waals surface area contributed by atoms with Gasteiger partial charge < -0.3 is 4.74 Å². The Bertz CT molecular complexity index is 158.